The summed E-state index contributed by atoms with van der Waals surface area (Å²) in [4.78, 5) is 0. The highest BCUT2D eigenvalue weighted by molar-refractivity contribution is 5.11. The summed E-state index contributed by atoms with van der Waals surface area (Å²) in [5, 5.41) is 0. The average molecular weight is 213 g/mol. The van der Waals surface area contributed by atoms with E-state index in [2.05, 4.69) is 20.8 Å². The van der Waals surface area contributed by atoms with Crippen molar-refractivity contribution >= 4 is 0 Å². The lowest BCUT2D eigenvalue weighted by Crippen LogP contribution is -2.68. The molecule has 0 spiro atoms. The SMILES string of the molecule is CCC1(CC)[C@H](N)C[C@H](N)C[C@]1(N)CC. The van der Waals surface area contributed by atoms with Crippen molar-refractivity contribution in [2.75, 3.05) is 0 Å². The molecular formula is C12H27N3. The molecule has 0 aromatic carbocycles. The van der Waals surface area contributed by atoms with Crippen LogP contribution in [0.5, 0.6) is 0 Å². The molecule has 1 fully saturated rings. The Hall–Kier alpha value is -0.120. The molecule has 0 unspecified atom stereocenters. The Balaban J connectivity index is 3.07. The third-order valence-electron chi connectivity index (χ3n) is 4.78. The summed E-state index contributed by atoms with van der Waals surface area (Å²) < 4.78 is 0. The minimum atomic E-state index is -0.173. The molecule has 1 rings (SSSR count). The van der Waals surface area contributed by atoms with Crippen molar-refractivity contribution in [1.82, 2.24) is 0 Å². The third-order valence-corrected chi connectivity index (χ3v) is 4.78. The maximum Gasteiger partial charge on any atom is 0.0238 e. The van der Waals surface area contributed by atoms with Crippen molar-refractivity contribution in [2.24, 2.45) is 22.6 Å². The molecule has 15 heavy (non-hydrogen) atoms. The van der Waals surface area contributed by atoms with E-state index < -0.39 is 0 Å². The highest BCUT2D eigenvalue weighted by Crippen LogP contribution is 2.48. The summed E-state index contributed by atoms with van der Waals surface area (Å²) in [5.41, 5.74) is 18.9. The normalized spacial score (nSPS) is 40.4. The number of nitrogens with two attached hydrogens (primary N) is 3. The van der Waals surface area contributed by atoms with Crippen LogP contribution >= 0.6 is 0 Å². The summed E-state index contributed by atoms with van der Waals surface area (Å²) in [6.45, 7) is 6.57. The molecule has 0 aliphatic heterocycles. The molecule has 1 aliphatic carbocycles. The Bertz CT molecular complexity index is 213. The van der Waals surface area contributed by atoms with Gasteiger partial charge in [-0.05, 0) is 32.1 Å². The van der Waals surface area contributed by atoms with Crippen LogP contribution in [0.1, 0.15) is 52.9 Å². The lowest BCUT2D eigenvalue weighted by atomic mass is 9.54. The zero-order chi connectivity index (χ0) is 11.7. The Morgan fingerprint density at radius 1 is 1.07 bits per heavy atom. The second kappa shape index (κ2) is 4.40. The summed E-state index contributed by atoms with van der Waals surface area (Å²) in [7, 11) is 0. The van der Waals surface area contributed by atoms with Crippen LogP contribution in [0.25, 0.3) is 0 Å². The van der Waals surface area contributed by atoms with Gasteiger partial charge in [0.15, 0.2) is 0 Å². The fourth-order valence-electron chi connectivity index (χ4n) is 3.65. The largest absolute Gasteiger partial charge is 0.328 e. The lowest BCUT2D eigenvalue weighted by Gasteiger charge is -2.56. The highest BCUT2D eigenvalue weighted by Gasteiger charge is 2.52. The monoisotopic (exact) mass is 213 g/mol. The predicted molar refractivity (Wildman–Crippen MR) is 65.4 cm³/mol. The van der Waals surface area contributed by atoms with E-state index in [-0.39, 0.29) is 23.0 Å². The molecule has 3 nitrogen and oxygen atoms in total. The molecule has 6 N–H and O–H groups in total. The molecule has 0 radical (unpaired) electrons. The van der Waals surface area contributed by atoms with E-state index in [1.807, 2.05) is 0 Å². The number of hydrogen-bond acceptors (Lipinski definition) is 3. The van der Waals surface area contributed by atoms with Crippen molar-refractivity contribution in [2.45, 2.75) is 70.5 Å². The van der Waals surface area contributed by atoms with Gasteiger partial charge in [-0.2, -0.15) is 0 Å². The standard InChI is InChI=1S/C12H27N3/c1-4-11(5-2)10(14)7-9(13)8-12(11,15)6-3/h9-10H,4-8,13-15H2,1-3H3/t9-,10+,12+/m0/s1. The number of hydrogen-bond donors (Lipinski definition) is 3. The fraction of sp³-hybridized carbons (Fsp3) is 1.00. The van der Waals surface area contributed by atoms with Gasteiger partial charge in [0.05, 0.1) is 0 Å². The first-order chi connectivity index (χ1) is 6.95. The van der Waals surface area contributed by atoms with Gasteiger partial charge in [-0.1, -0.05) is 20.8 Å². The predicted octanol–water partition coefficient (Wildman–Crippen LogP) is 1.35. The maximum absolute atomic E-state index is 6.58. The molecule has 0 aromatic rings. The minimum absolute atomic E-state index is 0.0810. The first-order valence-corrected chi connectivity index (χ1v) is 6.25. The molecule has 90 valence electrons. The Kier molecular flexibility index (Phi) is 3.80. The van der Waals surface area contributed by atoms with E-state index in [1.165, 1.54) is 0 Å². The third kappa shape index (κ3) is 1.81. The van der Waals surface area contributed by atoms with Crippen LogP contribution in [-0.2, 0) is 0 Å². The van der Waals surface area contributed by atoms with Crippen molar-refractivity contribution in [3.05, 3.63) is 0 Å². The van der Waals surface area contributed by atoms with E-state index in [4.69, 9.17) is 17.2 Å². The molecule has 0 bridgehead atoms. The Morgan fingerprint density at radius 3 is 2.00 bits per heavy atom. The molecule has 3 atom stereocenters. The van der Waals surface area contributed by atoms with E-state index in [0.29, 0.717) is 0 Å². The van der Waals surface area contributed by atoms with Gasteiger partial charge >= 0.3 is 0 Å². The average Bonchev–Trinajstić information content (AvgIpc) is 2.18. The highest BCUT2D eigenvalue weighted by atomic mass is 14.9. The van der Waals surface area contributed by atoms with Gasteiger partial charge in [-0.3, -0.25) is 0 Å². The van der Waals surface area contributed by atoms with Gasteiger partial charge in [0.1, 0.15) is 0 Å². The smallest absolute Gasteiger partial charge is 0.0238 e. The van der Waals surface area contributed by atoms with Crippen LogP contribution < -0.4 is 17.2 Å². The van der Waals surface area contributed by atoms with Crippen molar-refractivity contribution in [3.63, 3.8) is 0 Å². The number of rotatable bonds is 3. The Labute approximate surface area is 93.8 Å². The molecule has 0 amide bonds. The van der Waals surface area contributed by atoms with Crippen LogP contribution in [-0.4, -0.2) is 17.6 Å². The quantitative estimate of drug-likeness (QED) is 0.662. The van der Waals surface area contributed by atoms with Crippen LogP contribution in [0.4, 0.5) is 0 Å². The van der Waals surface area contributed by atoms with Crippen LogP contribution in [0.2, 0.25) is 0 Å². The first-order valence-electron chi connectivity index (χ1n) is 6.25. The molecular weight excluding hydrogens is 186 g/mol. The van der Waals surface area contributed by atoms with Crippen LogP contribution in [0.3, 0.4) is 0 Å². The fourth-order valence-corrected chi connectivity index (χ4v) is 3.65. The molecule has 0 saturated heterocycles. The molecule has 1 aliphatic rings. The zero-order valence-electron chi connectivity index (χ0n) is 10.4. The van der Waals surface area contributed by atoms with Gasteiger partial charge in [0.2, 0.25) is 0 Å². The van der Waals surface area contributed by atoms with E-state index in [0.717, 1.165) is 32.1 Å². The summed E-state index contributed by atoms with van der Waals surface area (Å²) in [5.74, 6) is 0. The second-order valence-corrected chi connectivity index (χ2v) is 5.18. The van der Waals surface area contributed by atoms with Gasteiger partial charge in [-0.15, -0.1) is 0 Å². The molecule has 0 heterocycles. The van der Waals surface area contributed by atoms with Crippen molar-refractivity contribution < 1.29 is 0 Å². The van der Waals surface area contributed by atoms with Crippen molar-refractivity contribution in [1.29, 1.82) is 0 Å². The van der Waals surface area contributed by atoms with Gasteiger partial charge < -0.3 is 17.2 Å². The molecule has 0 aromatic heterocycles. The van der Waals surface area contributed by atoms with Crippen molar-refractivity contribution in [3.8, 4) is 0 Å². The first kappa shape index (κ1) is 12.9. The van der Waals surface area contributed by atoms with Gasteiger partial charge in [-0.25, -0.2) is 0 Å². The van der Waals surface area contributed by atoms with Gasteiger partial charge in [0, 0.05) is 23.0 Å². The molecule has 3 heteroatoms. The lowest BCUT2D eigenvalue weighted by molar-refractivity contribution is 0.0176. The Morgan fingerprint density at radius 2 is 1.60 bits per heavy atom. The summed E-state index contributed by atoms with van der Waals surface area (Å²) in [6, 6.07) is 0.331. The van der Waals surface area contributed by atoms with E-state index in [1.54, 1.807) is 0 Å². The van der Waals surface area contributed by atoms with Crippen LogP contribution in [0, 0.1) is 5.41 Å². The maximum atomic E-state index is 6.58. The summed E-state index contributed by atoms with van der Waals surface area (Å²) >= 11 is 0. The van der Waals surface area contributed by atoms with E-state index in [9.17, 15) is 0 Å². The second-order valence-electron chi connectivity index (χ2n) is 5.18. The topological polar surface area (TPSA) is 78.1 Å². The zero-order valence-corrected chi connectivity index (χ0v) is 10.4. The minimum Gasteiger partial charge on any atom is -0.328 e. The van der Waals surface area contributed by atoms with E-state index >= 15 is 0 Å². The van der Waals surface area contributed by atoms with Crippen LogP contribution in [0.15, 0.2) is 0 Å². The van der Waals surface area contributed by atoms with Gasteiger partial charge in [0.25, 0.3) is 0 Å². The summed E-state index contributed by atoms with van der Waals surface area (Å²) in [6.07, 6.45) is 4.92. The molecule has 1 saturated carbocycles.